The zero-order chi connectivity index (χ0) is 50.2. The first-order chi connectivity index (χ1) is 34.5. The molecular weight excluding hydrogens is 905 g/mol. The fraction of sp³-hybridized carbons (Fsp3) is 0.159. The summed E-state index contributed by atoms with van der Waals surface area (Å²) in [5, 5.41) is 2.17. The third-order valence-corrected chi connectivity index (χ3v) is 13.7. The largest absolute Gasteiger partial charge is 0.457 e. The van der Waals surface area contributed by atoms with E-state index in [0.29, 0.717) is 28.3 Å². The molecule has 2 aromatic heterocycles. The molecule has 11 rings (SSSR count). The van der Waals surface area contributed by atoms with Crippen molar-refractivity contribution in [3.05, 3.63) is 216 Å². The lowest BCUT2D eigenvalue weighted by Crippen LogP contribution is -2.25. The normalized spacial score (nSPS) is 12.8. The van der Waals surface area contributed by atoms with Crippen LogP contribution in [0.25, 0.3) is 61.0 Å². The summed E-state index contributed by atoms with van der Waals surface area (Å²) in [6, 6.07) is 51.9. The molecule has 1 aliphatic rings. The van der Waals surface area contributed by atoms with Gasteiger partial charge in [0.25, 0.3) is 0 Å². The van der Waals surface area contributed by atoms with Gasteiger partial charge in [0, 0.05) is 58.0 Å². The van der Waals surface area contributed by atoms with Crippen molar-refractivity contribution in [2.75, 3.05) is 16.5 Å². The molecule has 10 aromatic rings. The number of para-hydroxylation sites is 3. The molecule has 0 amide bonds. The van der Waals surface area contributed by atoms with Crippen molar-refractivity contribution in [2.45, 2.75) is 59.3 Å². The van der Waals surface area contributed by atoms with Gasteiger partial charge in [0.15, 0.2) is 0 Å². The van der Waals surface area contributed by atoms with Gasteiger partial charge in [0.2, 0.25) is 0 Å². The van der Waals surface area contributed by atoms with Crippen LogP contribution < -0.4 is 14.5 Å². The minimum Gasteiger partial charge on any atom is -0.457 e. The second kappa shape index (κ2) is 17.6. The number of pyridine rings is 1. The number of nitrogens with zero attached hydrogens (tertiary/aromatic N) is 4. The number of aromatic nitrogens is 2. The SMILES string of the molecule is Cc1ccccc1-c1cc(Oc2ccc3c4ccccc4n(-c4cc(C(C)(C)C)ccn4)c3c2)cc(N2CN(c3c(-c4cc(F)cc(F)c4)cc(C(C)(C)C)cc3-c3cc(F)cc(F)c3)c3ccccc32)c1. The van der Waals surface area contributed by atoms with Crippen molar-refractivity contribution in [1.82, 2.24) is 9.55 Å². The van der Waals surface area contributed by atoms with Crippen molar-refractivity contribution >= 4 is 44.6 Å². The lowest BCUT2D eigenvalue weighted by molar-refractivity contribution is 0.483. The molecule has 0 saturated heterocycles. The van der Waals surface area contributed by atoms with Gasteiger partial charge >= 0.3 is 0 Å². The van der Waals surface area contributed by atoms with Crippen LogP contribution in [0.15, 0.2) is 176 Å². The number of halogens is 4. The van der Waals surface area contributed by atoms with E-state index in [1.807, 2.05) is 93.7 Å². The molecule has 0 atom stereocenters. The van der Waals surface area contributed by atoms with Crippen LogP contribution in [0.4, 0.5) is 40.3 Å². The van der Waals surface area contributed by atoms with Crippen LogP contribution in [-0.2, 0) is 10.8 Å². The van der Waals surface area contributed by atoms with E-state index >= 15 is 17.6 Å². The highest BCUT2D eigenvalue weighted by Crippen LogP contribution is 2.52. The Kier molecular flexibility index (Phi) is 11.3. The van der Waals surface area contributed by atoms with E-state index in [9.17, 15) is 0 Å². The maximum Gasteiger partial charge on any atom is 0.137 e. The van der Waals surface area contributed by atoms with E-state index in [-0.39, 0.29) is 23.2 Å². The van der Waals surface area contributed by atoms with E-state index in [2.05, 4.69) is 109 Å². The zero-order valence-corrected chi connectivity index (χ0v) is 41.2. The minimum absolute atomic E-state index is 0.0830. The van der Waals surface area contributed by atoms with Crippen molar-refractivity contribution in [2.24, 2.45) is 0 Å². The summed E-state index contributed by atoms with van der Waals surface area (Å²) in [6.45, 7) is 15.0. The van der Waals surface area contributed by atoms with E-state index < -0.39 is 28.7 Å². The highest BCUT2D eigenvalue weighted by molar-refractivity contribution is 6.09. The molecule has 358 valence electrons. The summed E-state index contributed by atoms with van der Waals surface area (Å²) in [6.07, 6.45) is 1.87. The minimum atomic E-state index is -0.744. The Hall–Kier alpha value is -8.17. The van der Waals surface area contributed by atoms with E-state index in [1.165, 1.54) is 29.8 Å². The van der Waals surface area contributed by atoms with Crippen LogP contribution in [0.3, 0.4) is 0 Å². The maximum absolute atomic E-state index is 15.3. The Morgan fingerprint density at radius 3 is 1.68 bits per heavy atom. The Balaban J connectivity index is 1.08. The number of ether oxygens (including phenoxy) is 1. The first kappa shape index (κ1) is 46.2. The lowest BCUT2D eigenvalue weighted by Gasteiger charge is -2.30. The smallest absolute Gasteiger partial charge is 0.137 e. The number of aryl methyl sites for hydroxylation is 1. The Bertz CT molecular complexity index is 3660. The van der Waals surface area contributed by atoms with Gasteiger partial charge < -0.3 is 14.5 Å². The van der Waals surface area contributed by atoms with Gasteiger partial charge in [-0.05, 0) is 148 Å². The molecular formula is C63H52F4N4O. The number of hydrogen-bond acceptors (Lipinski definition) is 4. The summed E-state index contributed by atoms with van der Waals surface area (Å²) >= 11 is 0. The summed E-state index contributed by atoms with van der Waals surface area (Å²) in [5.74, 6) is -0.933. The molecule has 8 aromatic carbocycles. The van der Waals surface area contributed by atoms with Gasteiger partial charge in [0.05, 0.1) is 28.1 Å². The number of rotatable bonds is 8. The molecule has 0 bridgehead atoms. The molecule has 0 aliphatic carbocycles. The summed E-state index contributed by atoms with van der Waals surface area (Å²) in [4.78, 5) is 9.12. The molecule has 0 unspecified atom stereocenters. The van der Waals surface area contributed by atoms with E-state index in [1.54, 1.807) is 0 Å². The maximum atomic E-state index is 15.3. The standard InChI is InChI=1S/C63H52F4N4O/c1-38-14-8-9-15-51(38)41-28-48(35-50(29-41)72-49-20-21-53-52-16-10-11-17-56(52)71(59(53)36-49)60-32-42(22-23-68-60)62(2,3)4)69-37-70(58-19-13-12-18-57(58)69)61-54(39-24-44(64)33-45(65)25-39)30-43(63(5,6)7)31-55(61)40-26-46(66)34-47(67)27-40/h8-36H,37H2,1-7H3. The molecule has 0 N–H and O–H groups in total. The first-order valence-corrected chi connectivity index (χ1v) is 24.1. The first-order valence-electron chi connectivity index (χ1n) is 24.1. The monoisotopic (exact) mass is 956 g/mol. The zero-order valence-electron chi connectivity index (χ0n) is 41.2. The van der Waals surface area contributed by atoms with Crippen molar-refractivity contribution in [3.63, 3.8) is 0 Å². The molecule has 0 fully saturated rings. The summed E-state index contributed by atoms with van der Waals surface area (Å²) < 4.78 is 70.4. The fourth-order valence-electron chi connectivity index (χ4n) is 10.1. The van der Waals surface area contributed by atoms with Crippen molar-refractivity contribution < 1.29 is 22.3 Å². The molecule has 5 nitrogen and oxygen atoms in total. The van der Waals surface area contributed by atoms with Gasteiger partial charge in [-0.2, -0.15) is 0 Å². The summed E-state index contributed by atoms with van der Waals surface area (Å²) in [7, 11) is 0. The van der Waals surface area contributed by atoms with Crippen LogP contribution in [0.5, 0.6) is 11.5 Å². The van der Waals surface area contributed by atoms with Crippen LogP contribution in [0, 0.1) is 30.2 Å². The molecule has 0 radical (unpaired) electrons. The Morgan fingerprint density at radius 1 is 0.472 bits per heavy atom. The van der Waals surface area contributed by atoms with E-state index in [0.717, 1.165) is 79.1 Å². The molecule has 3 heterocycles. The third-order valence-electron chi connectivity index (χ3n) is 13.7. The molecule has 9 heteroatoms. The van der Waals surface area contributed by atoms with Crippen LogP contribution >= 0.6 is 0 Å². The van der Waals surface area contributed by atoms with Crippen molar-refractivity contribution in [3.8, 4) is 50.7 Å². The predicted octanol–water partition coefficient (Wildman–Crippen LogP) is 17.7. The lowest BCUT2D eigenvalue weighted by atomic mass is 9.82. The molecule has 72 heavy (non-hydrogen) atoms. The van der Waals surface area contributed by atoms with Gasteiger partial charge in [-0.3, -0.25) is 4.57 Å². The highest BCUT2D eigenvalue weighted by Gasteiger charge is 2.34. The van der Waals surface area contributed by atoms with Crippen molar-refractivity contribution in [1.29, 1.82) is 0 Å². The number of hydrogen-bond donors (Lipinski definition) is 0. The summed E-state index contributed by atoms with van der Waals surface area (Å²) in [5.41, 5.74) is 11.0. The van der Waals surface area contributed by atoms with Gasteiger partial charge in [-0.25, -0.2) is 22.5 Å². The number of benzene rings is 8. The number of anilines is 4. The van der Waals surface area contributed by atoms with Gasteiger partial charge in [-0.15, -0.1) is 0 Å². The molecule has 0 spiro atoms. The van der Waals surface area contributed by atoms with E-state index in [4.69, 9.17) is 9.72 Å². The number of fused-ring (bicyclic) bond motifs is 4. The molecule has 1 aliphatic heterocycles. The molecule has 0 saturated carbocycles. The van der Waals surface area contributed by atoms with Gasteiger partial charge in [-0.1, -0.05) is 96.1 Å². The average Bonchev–Trinajstić information content (AvgIpc) is 3.88. The topological polar surface area (TPSA) is 33.5 Å². The third kappa shape index (κ3) is 8.52. The Labute approximate surface area is 417 Å². The van der Waals surface area contributed by atoms with Gasteiger partial charge in [0.1, 0.15) is 47.3 Å². The fourth-order valence-corrected chi connectivity index (χ4v) is 10.1. The van der Waals surface area contributed by atoms with Crippen LogP contribution in [0.1, 0.15) is 58.2 Å². The second-order valence-electron chi connectivity index (χ2n) is 20.8. The second-order valence-corrected chi connectivity index (χ2v) is 20.8. The predicted molar refractivity (Wildman–Crippen MR) is 285 cm³/mol. The Morgan fingerprint density at radius 2 is 1.04 bits per heavy atom. The van der Waals surface area contributed by atoms with Crippen LogP contribution in [-0.4, -0.2) is 16.2 Å². The average molecular weight is 957 g/mol. The quantitative estimate of drug-likeness (QED) is 0.142. The highest BCUT2D eigenvalue weighted by atomic mass is 19.1. The van der Waals surface area contributed by atoms with Crippen LogP contribution in [0.2, 0.25) is 0 Å².